The number of piperazine rings is 1. The second-order valence-corrected chi connectivity index (χ2v) is 11.8. The quantitative estimate of drug-likeness (QED) is 0.110. The Hall–Kier alpha value is -4.76. The first-order valence-corrected chi connectivity index (χ1v) is 15.0. The van der Waals surface area contributed by atoms with Gasteiger partial charge in [0.25, 0.3) is 11.4 Å². The molecule has 0 radical (unpaired) electrons. The molecule has 0 bridgehead atoms. The number of hydrogen-bond acceptors (Lipinski definition) is 9. The van der Waals surface area contributed by atoms with Crippen LogP contribution in [0.2, 0.25) is 10.0 Å². The van der Waals surface area contributed by atoms with Gasteiger partial charge in [-0.2, -0.15) is 0 Å². The molecule has 47 heavy (non-hydrogen) atoms. The van der Waals surface area contributed by atoms with Crippen LogP contribution in [-0.4, -0.2) is 46.0 Å². The molecule has 0 N–H and O–H groups in total. The normalized spacial score (nSPS) is 18.1. The second kappa shape index (κ2) is 12.8. The minimum absolute atomic E-state index is 0.0325. The van der Waals surface area contributed by atoms with Gasteiger partial charge < -0.3 is 14.7 Å². The summed E-state index contributed by atoms with van der Waals surface area (Å²) < 4.78 is 62.7. The number of rotatable bonds is 7. The molecule has 2 atom stereocenters. The molecule has 0 spiro atoms. The number of aromatic nitrogens is 2. The molecule has 2 aliphatic heterocycles. The third kappa shape index (κ3) is 6.07. The van der Waals surface area contributed by atoms with Gasteiger partial charge in [-0.1, -0.05) is 23.2 Å². The van der Waals surface area contributed by atoms with Crippen LogP contribution in [0.5, 0.6) is 0 Å². The average Bonchev–Trinajstić information content (AvgIpc) is 3.46. The number of nitro benzene ring substituents is 2. The Morgan fingerprint density at radius 3 is 1.57 bits per heavy atom. The molecule has 2 fully saturated rings. The molecular weight excluding hydrogens is 669 g/mol. The zero-order chi connectivity index (χ0) is 33.6. The minimum Gasteiger partial charge on any atom is -0.363 e. The van der Waals surface area contributed by atoms with Crippen LogP contribution < -0.4 is 14.7 Å². The van der Waals surface area contributed by atoms with Crippen LogP contribution >= 0.6 is 23.2 Å². The zero-order valence-corrected chi connectivity index (χ0v) is 25.6. The summed E-state index contributed by atoms with van der Waals surface area (Å²) in [5, 5.41) is 22.4. The van der Waals surface area contributed by atoms with E-state index in [1.807, 2.05) is 4.90 Å². The molecule has 3 aromatic carbocycles. The van der Waals surface area contributed by atoms with E-state index in [9.17, 15) is 20.2 Å². The number of benzene rings is 3. The third-order valence-corrected chi connectivity index (χ3v) is 8.96. The molecular formula is C30H23Cl2F4N7O4. The lowest BCUT2D eigenvalue weighted by molar-refractivity contribution is -0.384. The molecule has 0 saturated carbocycles. The van der Waals surface area contributed by atoms with Gasteiger partial charge in [0.15, 0.2) is 11.6 Å². The molecule has 11 nitrogen and oxygen atoms in total. The summed E-state index contributed by atoms with van der Waals surface area (Å²) in [6.07, 6.45) is 3.25. The first kappa shape index (κ1) is 32.2. The molecule has 1 aromatic heterocycles. The van der Waals surface area contributed by atoms with Gasteiger partial charge in [-0.3, -0.25) is 20.2 Å². The number of nitro groups is 2. The largest absolute Gasteiger partial charge is 0.363 e. The van der Waals surface area contributed by atoms with Crippen LogP contribution in [-0.2, 0) is 0 Å². The minimum atomic E-state index is -1.11. The van der Waals surface area contributed by atoms with Crippen molar-refractivity contribution in [2.24, 2.45) is 0 Å². The van der Waals surface area contributed by atoms with Crippen molar-refractivity contribution in [3.63, 3.8) is 0 Å². The molecule has 0 unspecified atom stereocenters. The van der Waals surface area contributed by atoms with E-state index in [2.05, 4.69) is 9.97 Å². The van der Waals surface area contributed by atoms with Crippen LogP contribution in [0.25, 0.3) is 0 Å². The summed E-state index contributed by atoms with van der Waals surface area (Å²) in [6.45, 7) is 1.23. The van der Waals surface area contributed by atoms with Gasteiger partial charge in [0.2, 0.25) is 5.95 Å². The van der Waals surface area contributed by atoms with Crippen LogP contribution in [0.15, 0.2) is 54.9 Å². The van der Waals surface area contributed by atoms with Crippen LogP contribution in [0.4, 0.5) is 46.3 Å². The maximum atomic E-state index is 15.9. The summed E-state index contributed by atoms with van der Waals surface area (Å²) in [6, 6.07) is 4.87. The van der Waals surface area contributed by atoms with Crippen LogP contribution in [0.3, 0.4) is 0 Å². The average molecular weight is 692 g/mol. The van der Waals surface area contributed by atoms with Gasteiger partial charge in [-0.25, -0.2) is 27.5 Å². The van der Waals surface area contributed by atoms with Crippen molar-refractivity contribution in [2.75, 3.05) is 40.9 Å². The number of anilines is 3. The van der Waals surface area contributed by atoms with Crippen molar-refractivity contribution in [1.29, 1.82) is 0 Å². The predicted octanol–water partition coefficient (Wildman–Crippen LogP) is 7.57. The fourth-order valence-electron chi connectivity index (χ4n) is 6.27. The highest BCUT2D eigenvalue weighted by Crippen LogP contribution is 2.50. The molecule has 2 saturated heterocycles. The molecule has 3 heterocycles. The lowest BCUT2D eigenvalue weighted by Crippen LogP contribution is -2.47. The van der Waals surface area contributed by atoms with Gasteiger partial charge in [0.1, 0.15) is 27.4 Å². The first-order valence-electron chi connectivity index (χ1n) is 14.3. The lowest BCUT2D eigenvalue weighted by atomic mass is 10.0. The maximum absolute atomic E-state index is 15.9. The van der Waals surface area contributed by atoms with Crippen LogP contribution in [0, 0.1) is 43.5 Å². The SMILES string of the molecule is O=[N+]([O-])c1cc([C@H]2CC[C@H](c3cc([N+](=O)[O-])c(Cl)cc3F)N2c2cc(F)c(N3CCN(c4ncccn4)CC3)c(F)c2)c(F)cc1Cl. The van der Waals surface area contributed by atoms with E-state index in [0.29, 0.717) is 19.0 Å². The topological polar surface area (TPSA) is 122 Å². The highest BCUT2D eigenvalue weighted by Gasteiger charge is 2.41. The first-order chi connectivity index (χ1) is 22.4. The zero-order valence-electron chi connectivity index (χ0n) is 24.1. The summed E-state index contributed by atoms with van der Waals surface area (Å²) in [5.74, 6) is -3.30. The third-order valence-electron chi connectivity index (χ3n) is 8.36. The molecule has 0 amide bonds. The van der Waals surface area contributed by atoms with E-state index in [1.54, 1.807) is 18.5 Å². The smallest absolute Gasteiger partial charge is 0.288 e. The van der Waals surface area contributed by atoms with Crippen molar-refractivity contribution in [2.45, 2.75) is 24.9 Å². The Morgan fingerprint density at radius 1 is 0.681 bits per heavy atom. The fourth-order valence-corrected chi connectivity index (χ4v) is 6.71. The van der Waals surface area contributed by atoms with Gasteiger partial charge in [-0.15, -0.1) is 0 Å². The van der Waals surface area contributed by atoms with Gasteiger partial charge >= 0.3 is 0 Å². The molecule has 2 aliphatic rings. The predicted molar refractivity (Wildman–Crippen MR) is 166 cm³/mol. The summed E-state index contributed by atoms with van der Waals surface area (Å²) in [4.78, 5) is 34.8. The molecule has 4 aromatic rings. The maximum Gasteiger partial charge on any atom is 0.288 e. The van der Waals surface area contributed by atoms with Crippen molar-refractivity contribution >= 4 is 51.9 Å². The monoisotopic (exact) mass is 691 g/mol. The fraction of sp³-hybridized carbons (Fsp3) is 0.267. The van der Waals surface area contributed by atoms with Gasteiger partial charge in [-0.05, 0) is 43.2 Å². The molecule has 244 valence electrons. The standard InChI is InChI=1S/C30H23Cl2F4N7O4/c31-19-14-21(33)17(12-27(19)42(44)45)25-2-3-26(18-13-28(43(46)47)20(32)15-22(18)34)41(25)16-10-23(35)29(24(36)11-16)39-6-8-40(9-7-39)30-37-4-1-5-38-30/h1,4-5,10-15,25-26H,2-3,6-9H2/t25-,26-/m1/s1. The van der Waals surface area contributed by atoms with E-state index >= 15 is 17.6 Å². The van der Waals surface area contributed by atoms with Gasteiger partial charge in [0, 0.05) is 67.5 Å². The summed E-state index contributed by atoms with van der Waals surface area (Å²) >= 11 is 11.8. The highest BCUT2D eigenvalue weighted by atomic mass is 35.5. The highest BCUT2D eigenvalue weighted by molar-refractivity contribution is 6.33. The number of nitrogens with zero attached hydrogens (tertiary/aromatic N) is 7. The van der Waals surface area contributed by atoms with Gasteiger partial charge in [0.05, 0.1) is 21.9 Å². The molecule has 0 aliphatic carbocycles. The van der Waals surface area contributed by atoms with Crippen molar-refractivity contribution < 1.29 is 27.4 Å². The Bertz CT molecular complexity index is 1780. The van der Waals surface area contributed by atoms with Crippen molar-refractivity contribution in [3.05, 3.63) is 120 Å². The molecule has 6 rings (SSSR count). The van der Waals surface area contributed by atoms with E-state index in [1.165, 1.54) is 9.80 Å². The van der Waals surface area contributed by atoms with E-state index in [-0.39, 0.29) is 48.4 Å². The van der Waals surface area contributed by atoms with Crippen molar-refractivity contribution in [3.8, 4) is 0 Å². The van der Waals surface area contributed by atoms with E-state index < -0.39 is 66.6 Å². The number of hydrogen-bond donors (Lipinski definition) is 0. The molecule has 17 heteroatoms. The lowest BCUT2D eigenvalue weighted by Gasteiger charge is -2.37. The Labute approximate surface area is 274 Å². The Balaban J connectivity index is 1.41. The number of halogens is 6. The van der Waals surface area contributed by atoms with Crippen LogP contribution in [0.1, 0.15) is 36.1 Å². The van der Waals surface area contributed by atoms with E-state index in [4.69, 9.17) is 23.2 Å². The van der Waals surface area contributed by atoms with Crippen molar-refractivity contribution in [1.82, 2.24) is 9.97 Å². The Kier molecular flexibility index (Phi) is 8.76. The van der Waals surface area contributed by atoms with E-state index in [0.717, 1.165) is 36.4 Å². The second-order valence-electron chi connectivity index (χ2n) is 11.0. The summed E-state index contributed by atoms with van der Waals surface area (Å²) in [5.41, 5.74) is -2.11. The Morgan fingerprint density at radius 2 is 1.13 bits per heavy atom. The summed E-state index contributed by atoms with van der Waals surface area (Å²) in [7, 11) is 0.